The maximum absolute atomic E-state index is 13.3. The van der Waals surface area contributed by atoms with Crippen molar-refractivity contribution in [1.29, 1.82) is 10.5 Å². The summed E-state index contributed by atoms with van der Waals surface area (Å²) in [6.07, 6.45) is 0.864. The molecule has 2 aromatic carbocycles. The minimum absolute atomic E-state index is 0.0880. The van der Waals surface area contributed by atoms with Crippen molar-refractivity contribution in [3.8, 4) is 12.1 Å². The number of nitriles is 2. The van der Waals surface area contributed by atoms with Gasteiger partial charge in [0.2, 0.25) is 0 Å². The molecular formula is C22H20N4OS. The molecular weight excluding hydrogens is 368 g/mol. The molecule has 3 aromatic rings. The molecule has 0 aliphatic carbocycles. The van der Waals surface area contributed by atoms with Crippen LogP contribution in [0.1, 0.15) is 31.4 Å². The number of nitrogens with zero attached hydrogens (tertiary/aromatic N) is 4. The number of benzene rings is 2. The van der Waals surface area contributed by atoms with Gasteiger partial charge in [0.25, 0.3) is 5.56 Å². The SMILES string of the molecule is C[C@@H](c1ccccc1)n1c(SC[C@@H](C#N)CCC#N)nc2ccccc2c1=O. The van der Waals surface area contributed by atoms with Gasteiger partial charge in [-0.1, -0.05) is 54.2 Å². The lowest BCUT2D eigenvalue weighted by molar-refractivity contribution is 0.547. The van der Waals surface area contributed by atoms with Crippen molar-refractivity contribution < 1.29 is 0 Å². The molecule has 0 aliphatic heterocycles. The van der Waals surface area contributed by atoms with Gasteiger partial charge in [-0.3, -0.25) is 9.36 Å². The van der Waals surface area contributed by atoms with E-state index in [0.717, 1.165) is 5.56 Å². The number of fused-ring (bicyclic) bond motifs is 1. The first-order valence-electron chi connectivity index (χ1n) is 9.11. The third-order valence-corrected chi connectivity index (χ3v) is 5.76. The highest BCUT2D eigenvalue weighted by atomic mass is 32.2. The number of rotatable bonds is 7. The van der Waals surface area contributed by atoms with Crippen LogP contribution in [0.15, 0.2) is 64.5 Å². The molecule has 140 valence electrons. The highest BCUT2D eigenvalue weighted by molar-refractivity contribution is 7.99. The Balaban J connectivity index is 2.04. The molecule has 5 nitrogen and oxygen atoms in total. The van der Waals surface area contributed by atoms with Gasteiger partial charge < -0.3 is 0 Å². The molecule has 1 aromatic heterocycles. The van der Waals surface area contributed by atoms with Gasteiger partial charge in [-0.15, -0.1) is 0 Å². The fourth-order valence-electron chi connectivity index (χ4n) is 3.05. The Morgan fingerprint density at radius 3 is 2.54 bits per heavy atom. The highest BCUT2D eigenvalue weighted by Crippen LogP contribution is 2.27. The molecule has 0 aliphatic rings. The highest BCUT2D eigenvalue weighted by Gasteiger charge is 2.19. The van der Waals surface area contributed by atoms with Crippen LogP contribution in [0, 0.1) is 28.6 Å². The molecule has 0 unspecified atom stereocenters. The fourth-order valence-corrected chi connectivity index (χ4v) is 4.18. The zero-order valence-corrected chi connectivity index (χ0v) is 16.4. The summed E-state index contributed by atoms with van der Waals surface area (Å²) in [6.45, 7) is 1.98. The smallest absolute Gasteiger partial charge is 0.262 e. The standard InChI is InChI=1S/C22H20N4OS/c1-16(18-9-3-2-4-10-18)26-21(27)19-11-5-6-12-20(19)25-22(26)28-15-17(14-24)8-7-13-23/h2-6,9-12,16-17H,7-8,15H2,1H3/t16-,17+/m0/s1. The van der Waals surface area contributed by atoms with Crippen LogP contribution in [0.2, 0.25) is 0 Å². The Morgan fingerprint density at radius 1 is 1.11 bits per heavy atom. The molecule has 0 N–H and O–H groups in total. The lowest BCUT2D eigenvalue weighted by atomic mass is 10.1. The molecule has 28 heavy (non-hydrogen) atoms. The van der Waals surface area contributed by atoms with Crippen molar-refractivity contribution in [3.05, 3.63) is 70.5 Å². The van der Waals surface area contributed by atoms with Crippen molar-refractivity contribution in [2.45, 2.75) is 31.0 Å². The fraction of sp³-hybridized carbons (Fsp3) is 0.273. The lowest BCUT2D eigenvalue weighted by Crippen LogP contribution is -2.27. The minimum atomic E-state index is -0.256. The predicted molar refractivity (Wildman–Crippen MR) is 111 cm³/mol. The number of thioether (sulfide) groups is 1. The molecule has 1 heterocycles. The van der Waals surface area contributed by atoms with Gasteiger partial charge in [-0.2, -0.15) is 10.5 Å². The Morgan fingerprint density at radius 2 is 1.82 bits per heavy atom. The van der Waals surface area contributed by atoms with Crippen LogP contribution in [0.25, 0.3) is 10.9 Å². The molecule has 0 amide bonds. The summed E-state index contributed by atoms with van der Waals surface area (Å²) in [4.78, 5) is 18.0. The second-order valence-corrected chi connectivity index (χ2v) is 7.49. The number of aromatic nitrogens is 2. The zero-order chi connectivity index (χ0) is 19.9. The van der Waals surface area contributed by atoms with E-state index in [1.54, 1.807) is 10.6 Å². The summed E-state index contributed by atoms with van der Waals surface area (Å²) < 4.78 is 1.71. The van der Waals surface area contributed by atoms with E-state index in [0.29, 0.717) is 34.7 Å². The number of para-hydroxylation sites is 1. The number of hydrogen-bond acceptors (Lipinski definition) is 5. The molecule has 0 radical (unpaired) electrons. The van der Waals surface area contributed by atoms with Crippen LogP contribution in [-0.4, -0.2) is 15.3 Å². The van der Waals surface area contributed by atoms with Crippen LogP contribution < -0.4 is 5.56 Å². The van der Waals surface area contributed by atoms with E-state index in [1.807, 2.05) is 55.5 Å². The van der Waals surface area contributed by atoms with E-state index in [9.17, 15) is 10.1 Å². The summed E-state index contributed by atoms with van der Waals surface area (Å²) in [5.41, 5.74) is 1.58. The van der Waals surface area contributed by atoms with Gasteiger partial charge in [0.05, 0.1) is 35.0 Å². The van der Waals surface area contributed by atoms with Crippen molar-refractivity contribution in [2.75, 3.05) is 5.75 Å². The third kappa shape index (κ3) is 4.24. The summed E-state index contributed by atoms with van der Waals surface area (Å²) in [5, 5.41) is 19.3. The largest absolute Gasteiger partial charge is 0.280 e. The van der Waals surface area contributed by atoms with Crippen LogP contribution >= 0.6 is 11.8 Å². The lowest BCUT2D eigenvalue weighted by Gasteiger charge is -2.20. The minimum Gasteiger partial charge on any atom is -0.280 e. The topological polar surface area (TPSA) is 82.5 Å². The third-order valence-electron chi connectivity index (χ3n) is 4.65. The molecule has 6 heteroatoms. The first-order valence-corrected chi connectivity index (χ1v) is 10.1. The van der Waals surface area contributed by atoms with Gasteiger partial charge in [0.1, 0.15) is 0 Å². The second-order valence-electron chi connectivity index (χ2n) is 6.51. The van der Waals surface area contributed by atoms with Gasteiger partial charge in [-0.05, 0) is 31.0 Å². The molecule has 0 bridgehead atoms. The van der Waals surface area contributed by atoms with E-state index in [-0.39, 0.29) is 17.5 Å². The first-order chi connectivity index (χ1) is 13.7. The van der Waals surface area contributed by atoms with Crippen molar-refractivity contribution in [3.63, 3.8) is 0 Å². The van der Waals surface area contributed by atoms with E-state index in [4.69, 9.17) is 10.2 Å². The summed E-state index contributed by atoms with van der Waals surface area (Å²) >= 11 is 1.40. The first kappa shape index (κ1) is 19.7. The number of hydrogen-bond donors (Lipinski definition) is 0. The van der Waals surface area contributed by atoms with Gasteiger partial charge in [-0.25, -0.2) is 4.98 Å². The van der Waals surface area contributed by atoms with Crippen LogP contribution in [0.3, 0.4) is 0 Å². The molecule has 0 saturated heterocycles. The average molecular weight is 388 g/mol. The zero-order valence-electron chi connectivity index (χ0n) is 15.6. The Kier molecular flexibility index (Phi) is 6.47. The molecule has 0 fully saturated rings. The van der Waals surface area contributed by atoms with Crippen LogP contribution in [0.4, 0.5) is 0 Å². The van der Waals surface area contributed by atoms with Crippen LogP contribution in [-0.2, 0) is 0 Å². The quantitative estimate of drug-likeness (QED) is 0.438. The maximum Gasteiger partial charge on any atom is 0.262 e. The van der Waals surface area contributed by atoms with Gasteiger partial charge in [0.15, 0.2) is 5.16 Å². The molecule has 2 atom stereocenters. The Labute approximate surface area is 168 Å². The average Bonchev–Trinajstić information content (AvgIpc) is 2.74. The van der Waals surface area contributed by atoms with E-state index in [2.05, 4.69) is 12.1 Å². The maximum atomic E-state index is 13.3. The summed E-state index contributed by atoms with van der Waals surface area (Å²) in [5.74, 6) is 0.235. The van der Waals surface area contributed by atoms with E-state index < -0.39 is 0 Å². The van der Waals surface area contributed by atoms with E-state index in [1.165, 1.54) is 11.8 Å². The monoisotopic (exact) mass is 388 g/mol. The Hall–Kier alpha value is -3.09. The van der Waals surface area contributed by atoms with Crippen LogP contribution in [0.5, 0.6) is 0 Å². The van der Waals surface area contributed by atoms with Crippen molar-refractivity contribution in [1.82, 2.24) is 9.55 Å². The summed E-state index contributed by atoms with van der Waals surface area (Å²) in [7, 11) is 0. The second kappa shape index (κ2) is 9.21. The summed E-state index contributed by atoms with van der Waals surface area (Å²) in [6, 6.07) is 21.3. The van der Waals surface area contributed by atoms with Crippen molar-refractivity contribution >= 4 is 22.7 Å². The van der Waals surface area contributed by atoms with E-state index >= 15 is 0 Å². The van der Waals surface area contributed by atoms with Gasteiger partial charge >= 0.3 is 0 Å². The Bertz CT molecular complexity index is 1100. The van der Waals surface area contributed by atoms with Crippen molar-refractivity contribution in [2.24, 2.45) is 5.92 Å². The molecule has 0 spiro atoms. The molecule has 3 rings (SSSR count). The van der Waals surface area contributed by atoms with Gasteiger partial charge in [0, 0.05) is 12.2 Å². The normalized spacial score (nSPS) is 12.8. The molecule has 0 saturated carbocycles. The predicted octanol–water partition coefficient (Wildman–Crippen LogP) is 4.54.